The van der Waals surface area contributed by atoms with Crippen LogP contribution in [0.3, 0.4) is 0 Å². The molecule has 0 unspecified atom stereocenters. The van der Waals surface area contributed by atoms with E-state index in [9.17, 15) is 9.59 Å². The highest BCUT2D eigenvalue weighted by atomic mass is 32.2. The molecule has 0 radical (unpaired) electrons. The van der Waals surface area contributed by atoms with E-state index in [-0.39, 0.29) is 17.6 Å². The third-order valence-corrected chi connectivity index (χ3v) is 5.61. The Balaban J connectivity index is 1.58. The fraction of sp³-hybridized carbons (Fsp3) is 0.222. The predicted octanol–water partition coefficient (Wildman–Crippen LogP) is 2.88. The lowest BCUT2D eigenvalue weighted by atomic mass is 10.1. The number of carbonyl (C=O) groups is 2. The van der Waals surface area contributed by atoms with E-state index >= 15 is 0 Å². The molecule has 0 bridgehead atoms. The van der Waals surface area contributed by atoms with Gasteiger partial charge in [0.2, 0.25) is 5.91 Å². The van der Waals surface area contributed by atoms with Crippen LogP contribution in [0.15, 0.2) is 53.3 Å². The third-order valence-electron chi connectivity index (χ3n) is 3.72. The standard InChI is InChI=1S/C18H19N5O2S2/c1-22(10-15-7-4-8-26-15)17(25)13-5-3-6-14(9-13)20-16(24)11-27-18-21-19-12-23(18)2/h3-9,12H,10-11H2,1-2H3,(H,20,24). The lowest BCUT2D eigenvalue weighted by Crippen LogP contribution is -2.26. The second-order valence-corrected chi connectivity index (χ2v) is 7.86. The second-order valence-electron chi connectivity index (χ2n) is 5.88. The molecule has 1 aromatic carbocycles. The molecule has 1 N–H and O–H groups in total. The maximum atomic E-state index is 12.6. The number of thiophene rings is 1. The average Bonchev–Trinajstić information content (AvgIpc) is 3.31. The average molecular weight is 402 g/mol. The van der Waals surface area contributed by atoms with Gasteiger partial charge in [0.1, 0.15) is 6.33 Å². The number of thioether (sulfide) groups is 1. The predicted molar refractivity (Wildman–Crippen MR) is 107 cm³/mol. The lowest BCUT2D eigenvalue weighted by molar-refractivity contribution is -0.113. The molecule has 0 aliphatic carbocycles. The molecule has 0 fully saturated rings. The van der Waals surface area contributed by atoms with Crippen LogP contribution in [0.25, 0.3) is 0 Å². The van der Waals surface area contributed by atoms with Crippen molar-refractivity contribution in [3.05, 3.63) is 58.5 Å². The molecule has 3 rings (SSSR count). The number of anilines is 1. The summed E-state index contributed by atoms with van der Waals surface area (Å²) < 4.78 is 1.75. The summed E-state index contributed by atoms with van der Waals surface area (Å²) in [7, 11) is 3.59. The summed E-state index contributed by atoms with van der Waals surface area (Å²) in [6.45, 7) is 0.557. The second kappa shape index (κ2) is 8.83. The number of nitrogens with one attached hydrogen (secondary N) is 1. The first-order chi connectivity index (χ1) is 13.0. The van der Waals surface area contributed by atoms with Crippen LogP contribution in [0.4, 0.5) is 5.69 Å². The number of aryl methyl sites for hydroxylation is 1. The Bertz CT molecular complexity index is 923. The van der Waals surface area contributed by atoms with Crippen LogP contribution >= 0.6 is 23.1 Å². The van der Waals surface area contributed by atoms with Crippen molar-refractivity contribution in [2.75, 3.05) is 18.1 Å². The van der Waals surface area contributed by atoms with Crippen LogP contribution in [0.5, 0.6) is 0 Å². The maximum Gasteiger partial charge on any atom is 0.253 e. The molecule has 0 aliphatic heterocycles. The SMILES string of the molecule is CN(Cc1cccs1)C(=O)c1cccc(NC(=O)CSc2nncn2C)c1. The van der Waals surface area contributed by atoms with Crippen molar-refractivity contribution in [2.24, 2.45) is 7.05 Å². The van der Waals surface area contributed by atoms with Gasteiger partial charge in [-0.25, -0.2) is 0 Å². The van der Waals surface area contributed by atoms with Crippen molar-refractivity contribution in [3.8, 4) is 0 Å². The van der Waals surface area contributed by atoms with Gasteiger partial charge in [-0.15, -0.1) is 21.5 Å². The first kappa shape index (κ1) is 19.1. The van der Waals surface area contributed by atoms with E-state index < -0.39 is 0 Å². The fourth-order valence-corrected chi connectivity index (χ4v) is 3.83. The zero-order valence-corrected chi connectivity index (χ0v) is 16.6. The Morgan fingerprint density at radius 2 is 2.15 bits per heavy atom. The Kier molecular flexibility index (Phi) is 6.25. The van der Waals surface area contributed by atoms with Gasteiger partial charge < -0.3 is 14.8 Å². The van der Waals surface area contributed by atoms with Gasteiger partial charge in [0.05, 0.1) is 12.3 Å². The molecular formula is C18H19N5O2S2. The Morgan fingerprint density at radius 3 is 2.85 bits per heavy atom. The molecule has 0 saturated carbocycles. The van der Waals surface area contributed by atoms with Crippen LogP contribution in [-0.4, -0.2) is 44.3 Å². The molecule has 0 atom stereocenters. The molecule has 0 aliphatic rings. The summed E-state index contributed by atoms with van der Waals surface area (Å²) in [4.78, 5) is 27.6. The normalized spacial score (nSPS) is 10.6. The smallest absolute Gasteiger partial charge is 0.253 e. The number of carbonyl (C=O) groups excluding carboxylic acids is 2. The van der Waals surface area contributed by atoms with Gasteiger partial charge >= 0.3 is 0 Å². The maximum absolute atomic E-state index is 12.6. The summed E-state index contributed by atoms with van der Waals surface area (Å²) in [5.74, 6) is -0.0456. The van der Waals surface area contributed by atoms with E-state index in [1.54, 1.807) is 58.4 Å². The Hall–Kier alpha value is -2.65. The van der Waals surface area contributed by atoms with Gasteiger partial charge in [0, 0.05) is 30.2 Å². The molecule has 3 aromatic rings. The lowest BCUT2D eigenvalue weighted by Gasteiger charge is -2.17. The van der Waals surface area contributed by atoms with Gasteiger partial charge in [-0.2, -0.15) is 0 Å². The van der Waals surface area contributed by atoms with E-state index in [0.717, 1.165) is 4.88 Å². The molecular weight excluding hydrogens is 382 g/mol. The van der Waals surface area contributed by atoms with Crippen molar-refractivity contribution >= 4 is 40.6 Å². The highest BCUT2D eigenvalue weighted by Crippen LogP contribution is 2.17. The number of rotatable bonds is 7. The monoisotopic (exact) mass is 401 g/mol. The molecule has 2 aromatic heterocycles. The first-order valence-electron chi connectivity index (χ1n) is 8.17. The van der Waals surface area contributed by atoms with Crippen molar-refractivity contribution < 1.29 is 9.59 Å². The zero-order valence-electron chi connectivity index (χ0n) is 15.0. The van der Waals surface area contributed by atoms with Gasteiger partial charge in [-0.1, -0.05) is 23.9 Å². The minimum atomic E-state index is -0.167. The van der Waals surface area contributed by atoms with Crippen LogP contribution < -0.4 is 5.32 Å². The van der Waals surface area contributed by atoms with Crippen molar-refractivity contribution in [2.45, 2.75) is 11.7 Å². The molecule has 0 spiro atoms. The van der Waals surface area contributed by atoms with Crippen LogP contribution in [0.2, 0.25) is 0 Å². The molecule has 9 heteroatoms. The fourth-order valence-electron chi connectivity index (χ4n) is 2.39. The minimum Gasteiger partial charge on any atom is -0.337 e. The van der Waals surface area contributed by atoms with E-state index in [4.69, 9.17) is 0 Å². The van der Waals surface area contributed by atoms with Crippen molar-refractivity contribution in [1.29, 1.82) is 0 Å². The Labute approximate surface area is 165 Å². The largest absolute Gasteiger partial charge is 0.337 e. The van der Waals surface area contributed by atoms with E-state index in [1.165, 1.54) is 11.8 Å². The van der Waals surface area contributed by atoms with Crippen LogP contribution in [0.1, 0.15) is 15.2 Å². The van der Waals surface area contributed by atoms with Gasteiger partial charge in [0.25, 0.3) is 5.91 Å². The number of benzene rings is 1. The summed E-state index contributed by atoms with van der Waals surface area (Å²) in [5, 5.41) is 13.2. The number of hydrogen-bond acceptors (Lipinski definition) is 6. The summed E-state index contributed by atoms with van der Waals surface area (Å²) >= 11 is 2.92. The minimum absolute atomic E-state index is 0.0899. The molecule has 27 heavy (non-hydrogen) atoms. The number of aromatic nitrogens is 3. The van der Waals surface area contributed by atoms with Gasteiger partial charge in [0.15, 0.2) is 5.16 Å². The molecule has 2 amide bonds. The quantitative estimate of drug-likeness (QED) is 0.616. The first-order valence-corrected chi connectivity index (χ1v) is 10.0. The van der Waals surface area contributed by atoms with Gasteiger partial charge in [-0.05, 0) is 29.6 Å². The number of amides is 2. The molecule has 0 saturated heterocycles. The zero-order chi connectivity index (χ0) is 19.2. The van der Waals surface area contributed by atoms with Crippen LogP contribution in [0, 0.1) is 0 Å². The van der Waals surface area contributed by atoms with Crippen molar-refractivity contribution in [1.82, 2.24) is 19.7 Å². The van der Waals surface area contributed by atoms with Crippen molar-refractivity contribution in [3.63, 3.8) is 0 Å². The Morgan fingerprint density at radius 1 is 1.30 bits per heavy atom. The summed E-state index contributed by atoms with van der Waals surface area (Å²) in [6.07, 6.45) is 1.59. The van der Waals surface area contributed by atoms with E-state index in [1.807, 2.05) is 24.6 Å². The molecule has 140 valence electrons. The summed E-state index contributed by atoms with van der Waals surface area (Å²) in [5.41, 5.74) is 1.13. The number of hydrogen-bond donors (Lipinski definition) is 1. The highest BCUT2D eigenvalue weighted by Gasteiger charge is 2.14. The third kappa shape index (κ3) is 5.18. The number of nitrogens with zero attached hydrogens (tertiary/aromatic N) is 4. The van der Waals surface area contributed by atoms with Crippen LogP contribution in [-0.2, 0) is 18.4 Å². The molecule has 7 nitrogen and oxygen atoms in total. The van der Waals surface area contributed by atoms with E-state index in [0.29, 0.717) is 23.0 Å². The topological polar surface area (TPSA) is 80.1 Å². The highest BCUT2D eigenvalue weighted by molar-refractivity contribution is 7.99. The van der Waals surface area contributed by atoms with Gasteiger partial charge in [-0.3, -0.25) is 9.59 Å². The summed E-state index contributed by atoms with van der Waals surface area (Å²) in [6, 6.07) is 10.9. The molecule has 2 heterocycles. The van der Waals surface area contributed by atoms with E-state index in [2.05, 4.69) is 15.5 Å².